The standard InChI is InChI=1S/C18H18N2O4/c1-23-13-8-6-12(7-9-13)11-19-17(21)10-16-18(22)20-14-4-2-3-5-15(14)24-16/h2-9,16H,10-11H2,1H3,(H,19,21)(H,20,22). The molecule has 0 aliphatic carbocycles. The van der Waals surface area contributed by atoms with E-state index >= 15 is 0 Å². The molecule has 1 atom stereocenters. The summed E-state index contributed by atoms with van der Waals surface area (Å²) >= 11 is 0. The van der Waals surface area contributed by atoms with Crippen LogP contribution in [0.1, 0.15) is 12.0 Å². The van der Waals surface area contributed by atoms with Crippen LogP contribution in [0.15, 0.2) is 48.5 Å². The number of benzene rings is 2. The summed E-state index contributed by atoms with van der Waals surface area (Å²) in [5, 5.41) is 5.53. The van der Waals surface area contributed by atoms with Gasteiger partial charge in [0.05, 0.1) is 19.2 Å². The zero-order chi connectivity index (χ0) is 16.9. The van der Waals surface area contributed by atoms with Crippen LogP contribution in [-0.4, -0.2) is 25.0 Å². The fraction of sp³-hybridized carbons (Fsp3) is 0.222. The molecule has 2 aromatic rings. The molecule has 3 rings (SSSR count). The number of para-hydroxylation sites is 2. The van der Waals surface area contributed by atoms with Crippen molar-refractivity contribution in [1.29, 1.82) is 0 Å². The van der Waals surface area contributed by atoms with Gasteiger partial charge in [-0.05, 0) is 29.8 Å². The lowest BCUT2D eigenvalue weighted by molar-refractivity contribution is -0.130. The molecule has 2 N–H and O–H groups in total. The summed E-state index contributed by atoms with van der Waals surface area (Å²) in [6, 6.07) is 14.6. The van der Waals surface area contributed by atoms with E-state index in [0.717, 1.165) is 11.3 Å². The molecule has 1 aliphatic rings. The summed E-state index contributed by atoms with van der Waals surface area (Å²) in [5.74, 6) is 0.778. The van der Waals surface area contributed by atoms with Crippen molar-refractivity contribution in [2.75, 3.05) is 12.4 Å². The van der Waals surface area contributed by atoms with Gasteiger partial charge in [-0.3, -0.25) is 9.59 Å². The lowest BCUT2D eigenvalue weighted by Gasteiger charge is -2.25. The monoisotopic (exact) mass is 326 g/mol. The predicted octanol–water partition coefficient (Wildman–Crippen LogP) is 2.10. The zero-order valence-electron chi connectivity index (χ0n) is 13.2. The molecular weight excluding hydrogens is 308 g/mol. The van der Waals surface area contributed by atoms with Crippen LogP contribution in [0.4, 0.5) is 5.69 Å². The van der Waals surface area contributed by atoms with E-state index in [2.05, 4.69) is 10.6 Å². The summed E-state index contributed by atoms with van der Waals surface area (Å²) in [6.07, 6.45) is -0.855. The Kier molecular flexibility index (Phi) is 4.65. The van der Waals surface area contributed by atoms with Crippen LogP contribution >= 0.6 is 0 Å². The highest BCUT2D eigenvalue weighted by molar-refractivity contribution is 5.99. The van der Waals surface area contributed by atoms with Gasteiger partial charge in [-0.15, -0.1) is 0 Å². The second-order valence-corrected chi connectivity index (χ2v) is 5.42. The molecule has 0 saturated carbocycles. The second kappa shape index (κ2) is 7.04. The van der Waals surface area contributed by atoms with Gasteiger partial charge >= 0.3 is 0 Å². The second-order valence-electron chi connectivity index (χ2n) is 5.42. The first-order chi connectivity index (χ1) is 11.7. The van der Waals surface area contributed by atoms with E-state index < -0.39 is 6.10 Å². The highest BCUT2D eigenvalue weighted by Gasteiger charge is 2.29. The average Bonchev–Trinajstić information content (AvgIpc) is 2.61. The Morgan fingerprint density at radius 2 is 1.96 bits per heavy atom. The van der Waals surface area contributed by atoms with Crippen LogP contribution in [0.25, 0.3) is 0 Å². The van der Waals surface area contributed by atoms with Gasteiger partial charge in [-0.25, -0.2) is 0 Å². The van der Waals surface area contributed by atoms with Crippen molar-refractivity contribution in [3.8, 4) is 11.5 Å². The number of methoxy groups -OCH3 is 1. The molecule has 2 aromatic carbocycles. The van der Waals surface area contributed by atoms with Gasteiger partial charge < -0.3 is 20.1 Å². The largest absolute Gasteiger partial charge is 0.497 e. The first-order valence-corrected chi connectivity index (χ1v) is 7.62. The summed E-state index contributed by atoms with van der Waals surface area (Å²) < 4.78 is 10.7. The normalized spacial score (nSPS) is 15.7. The maximum atomic E-state index is 12.1. The Bertz CT molecular complexity index is 743. The Balaban J connectivity index is 1.54. The molecule has 0 radical (unpaired) electrons. The lowest BCUT2D eigenvalue weighted by atomic mass is 10.1. The molecule has 0 aromatic heterocycles. The number of anilines is 1. The first kappa shape index (κ1) is 15.9. The predicted molar refractivity (Wildman–Crippen MR) is 88.9 cm³/mol. The van der Waals surface area contributed by atoms with Crippen molar-refractivity contribution in [2.24, 2.45) is 0 Å². The Morgan fingerprint density at radius 1 is 1.21 bits per heavy atom. The van der Waals surface area contributed by atoms with Crippen molar-refractivity contribution in [1.82, 2.24) is 5.32 Å². The molecule has 1 aliphatic heterocycles. The van der Waals surface area contributed by atoms with Crippen LogP contribution in [0, 0.1) is 0 Å². The van der Waals surface area contributed by atoms with Gasteiger partial charge in [-0.2, -0.15) is 0 Å². The van der Waals surface area contributed by atoms with Crippen molar-refractivity contribution in [2.45, 2.75) is 19.1 Å². The molecule has 0 fully saturated rings. The Morgan fingerprint density at radius 3 is 2.71 bits per heavy atom. The maximum Gasteiger partial charge on any atom is 0.266 e. The molecule has 24 heavy (non-hydrogen) atoms. The minimum Gasteiger partial charge on any atom is -0.497 e. The topological polar surface area (TPSA) is 76.7 Å². The Hall–Kier alpha value is -3.02. The van der Waals surface area contributed by atoms with Crippen molar-refractivity contribution in [3.05, 3.63) is 54.1 Å². The molecule has 0 bridgehead atoms. The number of carbonyl (C=O) groups is 2. The number of fused-ring (bicyclic) bond motifs is 1. The zero-order valence-corrected chi connectivity index (χ0v) is 13.2. The number of rotatable bonds is 5. The number of amides is 2. The number of nitrogens with one attached hydrogen (secondary N) is 2. The van der Waals surface area contributed by atoms with Crippen LogP contribution in [0.5, 0.6) is 11.5 Å². The SMILES string of the molecule is COc1ccc(CNC(=O)CC2Oc3ccccc3NC2=O)cc1. The van der Waals surface area contributed by atoms with E-state index in [1.807, 2.05) is 36.4 Å². The lowest BCUT2D eigenvalue weighted by Crippen LogP contribution is -2.40. The number of hydrogen-bond donors (Lipinski definition) is 2. The summed E-state index contributed by atoms with van der Waals surface area (Å²) in [7, 11) is 1.60. The van der Waals surface area contributed by atoms with Crippen LogP contribution in [-0.2, 0) is 16.1 Å². The summed E-state index contributed by atoms with van der Waals surface area (Å²) in [4.78, 5) is 24.1. The molecule has 0 spiro atoms. The highest BCUT2D eigenvalue weighted by Crippen LogP contribution is 2.29. The van der Waals surface area contributed by atoms with Gasteiger partial charge in [0.15, 0.2) is 6.10 Å². The van der Waals surface area contributed by atoms with E-state index in [1.54, 1.807) is 19.2 Å². The minimum absolute atomic E-state index is 0.0314. The van der Waals surface area contributed by atoms with Crippen LogP contribution < -0.4 is 20.1 Å². The molecule has 6 nitrogen and oxygen atoms in total. The molecular formula is C18H18N2O4. The van der Waals surface area contributed by atoms with Crippen LogP contribution in [0.3, 0.4) is 0 Å². The number of ether oxygens (including phenoxy) is 2. The fourth-order valence-electron chi connectivity index (χ4n) is 2.41. The fourth-order valence-corrected chi connectivity index (χ4v) is 2.41. The highest BCUT2D eigenvalue weighted by atomic mass is 16.5. The van der Waals surface area contributed by atoms with Gasteiger partial charge in [0.2, 0.25) is 5.91 Å². The van der Waals surface area contributed by atoms with E-state index in [-0.39, 0.29) is 18.2 Å². The van der Waals surface area contributed by atoms with E-state index in [9.17, 15) is 9.59 Å². The molecule has 1 unspecified atom stereocenters. The summed E-state index contributed by atoms with van der Waals surface area (Å²) in [6.45, 7) is 0.383. The van der Waals surface area contributed by atoms with Gasteiger partial charge in [0.1, 0.15) is 11.5 Å². The third-order valence-electron chi connectivity index (χ3n) is 3.73. The third kappa shape index (κ3) is 3.65. The minimum atomic E-state index is -0.823. The molecule has 124 valence electrons. The average molecular weight is 326 g/mol. The van der Waals surface area contributed by atoms with Crippen LogP contribution in [0.2, 0.25) is 0 Å². The van der Waals surface area contributed by atoms with Gasteiger partial charge in [-0.1, -0.05) is 24.3 Å². The van der Waals surface area contributed by atoms with E-state index in [1.165, 1.54) is 0 Å². The molecule has 0 saturated heterocycles. The van der Waals surface area contributed by atoms with E-state index in [0.29, 0.717) is 18.0 Å². The maximum absolute atomic E-state index is 12.1. The van der Waals surface area contributed by atoms with Crippen molar-refractivity contribution < 1.29 is 19.1 Å². The Labute approximate surface area is 139 Å². The first-order valence-electron chi connectivity index (χ1n) is 7.62. The number of hydrogen-bond acceptors (Lipinski definition) is 4. The number of carbonyl (C=O) groups excluding carboxylic acids is 2. The molecule has 1 heterocycles. The van der Waals surface area contributed by atoms with Gasteiger partial charge in [0.25, 0.3) is 5.91 Å². The smallest absolute Gasteiger partial charge is 0.266 e. The quantitative estimate of drug-likeness (QED) is 0.882. The molecule has 6 heteroatoms. The van der Waals surface area contributed by atoms with Crippen molar-refractivity contribution >= 4 is 17.5 Å². The van der Waals surface area contributed by atoms with Crippen molar-refractivity contribution in [3.63, 3.8) is 0 Å². The van der Waals surface area contributed by atoms with E-state index in [4.69, 9.17) is 9.47 Å². The summed E-state index contributed by atoms with van der Waals surface area (Å²) in [5.41, 5.74) is 1.57. The van der Waals surface area contributed by atoms with Gasteiger partial charge in [0, 0.05) is 6.54 Å². The third-order valence-corrected chi connectivity index (χ3v) is 3.73. The molecule has 2 amide bonds.